The lowest BCUT2D eigenvalue weighted by atomic mass is 10.2. The summed E-state index contributed by atoms with van der Waals surface area (Å²) in [6, 6.07) is 15.9. The van der Waals surface area contributed by atoms with Gasteiger partial charge in [0, 0.05) is 17.1 Å². The van der Waals surface area contributed by atoms with E-state index < -0.39 is 5.69 Å². The van der Waals surface area contributed by atoms with Gasteiger partial charge < -0.3 is 0 Å². The van der Waals surface area contributed by atoms with Gasteiger partial charge in [0.1, 0.15) is 0 Å². The third-order valence-corrected chi connectivity index (χ3v) is 2.93. The summed E-state index contributed by atoms with van der Waals surface area (Å²) in [7, 11) is 0. The van der Waals surface area contributed by atoms with E-state index in [0.29, 0.717) is 11.1 Å². The minimum atomic E-state index is -0.520. The van der Waals surface area contributed by atoms with Gasteiger partial charge in [0.25, 0.3) is 5.91 Å². The molecule has 0 saturated carbocycles. The van der Waals surface area contributed by atoms with Crippen LogP contribution < -0.4 is 11.1 Å². The summed E-state index contributed by atoms with van der Waals surface area (Å²) in [6.45, 7) is 0. The normalized spacial score (nSPS) is 10.4. The summed E-state index contributed by atoms with van der Waals surface area (Å²) in [5.41, 5.74) is 3.14. The third-order valence-electron chi connectivity index (χ3n) is 2.93. The van der Waals surface area contributed by atoms with Crippen LogP contribution >= 0.6 is 0 Å². The molecule has 5 nitrogen and oxygen atoms in total. The number of amides is 1. The van der Waals surface area contributed by atoms with E-state index >= 15 is 0 Å². The zero-order valence-electron chi connectivity index (χ0n) is 10.5. The Morgan fingerprint density at radius 3 is 2.50 bits per heavy atom. The maximum absolute atomic E-state index is 12.1. The van der Waals surface area contributed by atoms with E-state index in [9.17, 15) is 9.59 Å². The summed E-state index contributed by atoms with van der Waals surface area (Å²) in [4.78, 5) is 27.7. The summed E-state index contributed by atoms with van der Waals surface area (Å²) < 4.78 is 1.16. The van der Waals surface area contributed by atoms with E-state index in [0.717, 1.165) is 10.1 Å². The molecule has 0 spiro atoms. The Labute approximate surface area is 114 Å². The van der Waals surface area contributed by atoms with Gasteiger partial charge in [-0.2, -0.15) is 4.98 Å². The number of hydrogen-bond acceptors (Lipinski definition) is 3. The minimum Gasteiger partial charge on any atom is -0.267 e. The number of hydrogen-bond donors (Lipinski definition) is 1. The number of fused-ring (bicyclic) bond motifs is 1. The number of carbonyl (C=O) groups is 1. The Hall–Kier alpha value is -2.95. The van der Waals surface area contributed by atoms with Gasteiger partial charge in [0.05, 0.1) is 5.52 Å². The van der Waals surface area contributed by atoms with Gasteiger partial charge in [-0.25, -0.2) is 9.47 Å². The van der Waals surface area contributed by atoms with Crippen LogP contribution in [0.15, 0.2) is 65.6 Å². The molecular formula is C15H11N3O2. The van der Waals surface area contributed by atoms with Gasteiger partial charge in [-0.05, 0) is 18.2 Å². The molecule has 0 aliphatic carbocycles. The summed E-state index contributed by atoms with van der Waals surface area (Å²) >= 11 is 0. The predicted octanol–water partition coefficient (Wildman–Crippen LogP) is 1.78. The molecular weight excluding hydrogens is 254 g/mol. The van der Waals surface area contributed by atoms with Crippen molar-refractivity contribution in [2.45, 2.75) is 0 Å². The first kappa shape index (κ1) is 12.1. The Balaban J connectivity index is 2.05. The van der Waals surface area contributed by atoms with Crippen molar-refractivity contribution in [2.24, 2.45) is 0 Å². The number of benzene rings is 2. The van der Waals surface area contributed by atoms with Crippen molar-refractivity contribution in [3.63, 3.8) is 0 Å². The fraction of sp³-hybridized carbons (Fsp3) is 0. The largest absolute Gasteiger partial charge is 0.367 e. The number of rotatable bonds is 2. The molecule has 20 heavy (non-hydrogen) atoms. The van der Waals surface area contributed by atoms with Gasteiger partial charge in [-0.15, -0.1) is 0 Å². The molecule has 0 aliphatic heterocycles. The molecule has 3 aromatic rings. The van der Waals surface area contributed by atoms with Crippen LogP contribution in [0, 0.1) is 0 Å². The van der Waals surface area contributed by atoms with Crippen LogP contribution in [0.1, 0.15) is 10.4 Å². The number of nitrogens with zero attached hydrogens (tertiary/aromatic N) is 2. The van der Waals surface area contributed by atoms with Crippen LogP contribution in [0.2, 0.25) is 0 Å². The molecule has 5 heteroatoms. The quantitative estimate of drug-likeness (QED) is 0.768. The molecule has 3 rings (SSSR count). The molecule has 0 radical (unpaired) electrons. The lowest BCUT2D eigenvalue weighted by Gasteiger charge is -2.10. The van der Waals surface area contributed by atoms with Crippen LogP contribution in [0.3, 0.4) is 0 Å². The second-order valence-electron chi connectivity index (χ2n) is 4.24. The predicted molar refractivity (Wildman–Crippen MR) is 76.1 cm³/mol. The van der Waals surface area contributed by atoms with Crippen molar-refractivity contribution < 1.29 is 4.79 Å². The van der Waals surface area contributed by atoms with Crippen molar-refractivity contribution >= 4 is 16.8 Å². The van der Waals surface area contributed by atoms with Crippen LogP contribution in [-0.2, 0) is 0 Å². The van der Waals surface area contributed by atoms with Crippen LogP contribution in [0.5, 0.6) is 0 Å². The molecule has 1 N–H and O–H groups in total. The molecule has 1 amide bonds. The molecule has 0 atom stereocenters. The van der Waals surface area contributed by atoms with Crippen molar-refractivity contribution in [1.29, 1.82) is 0 Å². The maximum atomic E-state index is 12.1. The van der Waals surface area contributed by atoms with Gasteiger partial charge >= 0.3 is 5.69 Å². The highest BCUT2D eigenvalue weighted by Crippen LogP contribution is 2.09. The fourth-order valence-electron chi connectivity index (χ4n) is 1.95. The summed E-state index contributed by atoms with van der Waals surface area (Å²) in [5, 5.41) is 0.778. The van der Waals surface area contributed by atoms with Gasteiger partial charge in [-0.3, -0.25) is 10.2 Å². The Kier molecular flexibility index (Phi) is 3.01. The number of nitrogens with one attached hydrogen (secondary N) is 1. The molecule has 0 saturated heterocycles. The Bertz CT molecular complexity index is 825. The first-order valence-corrected chi connectivity index (χ1v) is 6.09. The van der Waals surface area contributed by atoms with Gasteiger partial charge in [0.2, 0.25) is 0 Å². The number of carbonyl (C=O) groups excluding carboxylic acids is 1. The zero-order chi connectivity index (χ0) is 13.9. The summed E-state index contributed by atoms with van der Waals surface area (Å²) in [6.07, 6.45) is 1.49. The lowest BCUT2D eigenvalue weighted by molar-refractivity contribution is 0.101. The second-order valence-corrected chi connectivity index (χ2v) is 4.24. The molecule has 1 heterocycles. The second kappa shape index (κ2) is 4.97. The fourth-order valence-corrected chi connectivity index (χ4v) is 1.95. The molecule has 98 valence electrons. The zero-order valence-corrected chi connectivity index (χ0v) is 10.5. The molecule has 0 fully saturated rings. The van der Waals surface area contributed by atoms with Crippen molar-refractivity contribution in [1.82, 2.24) is 9.66 Å². The Morgan fingerprint density at radius 1 is 1.00 bits per heavy atom. The average molecular weight is 265 g/mol. The highest BCUT2D eigenvalue weighted by molar-refractivity contribution is 6.00. The Morgan fingerprint density at radius 2 is 1.70 bits per heavy atom. The smallest absolute Gasteiger partial charge is 0.267 e. The van der Waals surface area contributed by atoms with Crippen molar-refractivity contribution in [3.8, 4) is 0 Å². The molecule has 2 aromatic carbocycles. The molecule has 1 aromatic heterocycles. The SMILES string of the molecule is O=C(Nn1c(=O)ncc2ccccc21)c1ccccc1. The number of para-hydroxylation sites is 1. The van der Waals surface area contributed by atoms with E-state index in [1.54, 1.807) is 36.4 Å². The topological polar surface area (TPSA) is 64.0 Å². The van der Waals surface area contributed by atoms with E-state index in [4.69, 9.17) is 0 Å². The third kappa shape index (κ3) is 2.16. The van der Waals surface area contributed by atoms with Gasteiger partial charge in [0.15, 0.2) is 0 Å². The average Bonchev–Trinajstić information content (AvgIpc) is 2.51. The molecule has 0 unspecified atom stereocenters. The van der Waals surface area contributed by atoms with E-state index in [1.807, 2.05) is 18.2 Å². The molecule has 0 aliphatic rings. The number of aromatic nitrogens is 2. The highest BCUT2D eigenvalue weighted by atomic mass is 16.2. The van der Waals surface area contributed by atoms with Crippen molar-refractivity contribution in [2.75, 3.05) is 5.43 Å². The maximum Gasteiger partial charge on any atom is 0.367 e. The minimum absolute atomic E-state index is 0.356. The van der Waals surface area contributed by atoms with Crippen LogP contribution in [0.4, 0.5) is 0 Å². The standard InChI is InChI=1S/C15H11N3O2/c19-14(11-6-2-1-3-7-11)17-18-13-9-5-4-8-12(13)10-16-15(18)20/h1-10H,(H,17,19). The van der Waals surface area contributed by atoms with Crippen LogP contribution in [-0.4, -0.2) is 15.6 Å². The monoisotopic (exact) mass is 265 g/mol. The first-order chi connectivity index (χ1) is 9.75. The lowest BCUT2D eigenvalue weighted by Crippen LogP contribution is -2.34. The van der Waals surface area contributed by atoms with E-state index in [-0.39, 0.29) is 5.91 Å². The van der Waals surface area contributed by atoms with Crippen LogP contribution in [0.25, 0.3) is 10.9 Å². The van der Waals surface area contributed by atoms with E-state index in [2.05, 4.69) is 10.4 Å². The van der Waals surface area contributed by atoms with Crippen molar-refractivity contribution in [3.05, 3.63) is 76.8 Å². The van der Waals surface area contributed by atoms with Gasteiger partial charge in [-0.1, -0.05) is 36.4 Å². The molecule has 0 bridgehead atoms. The highest BCUT2D eigenvalue weighted by Gasteiger charge is 2.09. The first-order valence-electron chi connectivity index (χ1n) is 6.09. The van der Waals surface area contributed by atoms with E-state index in [1.165, 1.54) is 6.20 Å². The summed E-state index contributed by atoms with van der Waals surface area (Å²) in [5.74, 6) is -0.356.